The lowest BCUT2D eigenvalue weighted by Crippen LogP contribution is -2.53. The summed E-state index contributed by atoms with van der Waals surface area (Å²) in [6, 6.07) is -0.194. The van der Waals surface area contributed by atoms with Crippen LogP contribution in [0.2, 0.25) is 0 Å². The van der Waals surface area contributed by atoms with Gasteiger partial charge in [0.25, 0.3) is 0 Å². The van der Waals surface area contributed by atoms with Crippen molar-refractivity contribution in [1.29, 1.82) is 0 Å². The smallest absolute Gasteiger partial charge is 0.242 e. The van der Waals surface area contributed by atoms with E-state index in [-0.39, 0.29) is 29.2 Å². The zero-order valence-electron chi connectivity index (χ0n) is 14.6. The molecule has 2 saturated carbocycles. The summed E-state index contributed by atoms with van der Waals surface area (Å²) in [4.78, 5) is 24.4. The Labute approximate surface area is 134 Å². The molecule has 0 aliphatic heterocycles. The molecule has 2 N–H and O–H groups in total. The number of nitrogens with one attached hydrogen (secondary N) is 2. The van der Waals surface area contributed by atoms with Crippen molar-refractivity contribution in [2.24, 2.45) is 17.3 Å². The number of rotatable bonds is 4. The van der Waals surface area contributed by atoms with Crippen LogP contribution in [0.4, 0.5) is 0 Å². The Morgan fingerprint density at radius 1 is 1.00 bits per heavy atom. The lowest BCUT2D eigenvalue weighted by Gasteiger charge is -2.41. The third-order valence-electron chi connectivity index (χ3n) is 5.43. The molecule has 0 radical (unpaired) electrons. The molecule has 2 fully saturated rings. The Bertz CT molecular complexity index is 410. The molecule has 22 heavy (non-hydrogen) atoms. The van der Waals surface area contributed by atoms with E-state index in [4.69, 9.17) is 0 Å². The topological polar surface area (TPSA) is 58.2 Å². The summed E-state index contributed by atoms with van der Waals surface area (Å²) in [5, 5.41) is 6.08. The highest BCUT2D eigenvalue weighted by atomic mass is 16.2. The van der Waals surface area contributed by atoms with Gasteiger partial charge in [-0.05, 0) is 43.9 Å². The average Bonchev–Trinajstić information content (AvgIpc) is 2.35. The second kappa shape index (κ2) is 7.01. The van der Waals surface area contributed by atoms with Crippen molar-refractivity contribution in [3.8, 4) is 0 Å². The van der Waals surface area contributed by atoms with Crippen LogP contribution in [0.1, 0.15) is 72.6 Å². The lowest BCUT2D eigenvalue weighted by atomic mass is 9.69. The molecule has 0 saturated heterocycles. The van der Waals surface area contributed by atoms with E-state index in [0.29, 0.717) is 5.92 Å². The normalized spacial score (nSPS) is 27.6. The van der Waals surface area contributed by atoms with Crippen LogP contribution in [0.5, 0.6) is 0 Å². The fraction of sp³-hybridized carbons (Fsp3) is 0.889. The third-order valence-corrected chi connectivity index (χ3v) is 5.43. The number of hydrogen-bond acceptors (Lipinski definition) is 2. The quantitative estimate of drug-likeness (QED) is 0.839. The van der Waals surface area contributed by atoms with Crippen LogP contribution in [0.15, 0.2) is 0 Å². The summed E-state index contributed by atoms with van der Waals surface area (Å²) in [6.45, 7) is 8.55. The van der Waals surface area contributed by atoms with Crippen molar-refractivity contribution in [3.63, 3.8) is 0 Å². The minimum Gasteiger partial charge on any atom is -0.351 e. The first kappa shape index (κ1) is 17.3. The fourth-order valence-corrected chi connectivity index (χ4v) is 3.72. The van der Waals surface area contributed by atoms with Gasteiger partial charge >= 0.3 is 0 Å². The Balaban J connectivity index is 1.87. The maximum Gasteiger partial charge on any atom is 0.242 e. The van der Waals surface area contributed by atoms with Crippen LogP contribution in [0.25, 0.3) is 0 Å². The van der Waals surface area contributed by atoms with E-state index in [9.17, 15) is 9.59 Å². The molecule has 0 unspecified atom stereocenters. The average molecular weight is 308 g/mol. The fourth-order valence-electron chi connectivity index (χ4n) is 3.72. The molecule has 2 aliphatic carbocycles. The Kier molecular flexibility index (Phi) is 5.51. The number of carbonyl (C=O) groups is 2. The standard InChI is InChI=1S/C18H32N2O2/c1-12(19-17(22)13-8-7-9-13)16(21)20-15-11-6-5-10-14(15)18(2,3)4/h12-15H,5-11H2,1-4H3,(H,19,22)(H,20,21)/t12-,14+,15-/m0/s1. The van der Waals surface area contributed by atoms with Crippen LogP contribution in [-0.4, -0.2) is 23.9 Å². The summed E-state index contributed by atoms with van der Waals surface area (Å²) >= 11 is 0. The van der Waals surface area contributed by atoms with E-state index in [1.54, 1.807) is 6.92 Å². The summed E-state index contributed by atoms with van der Waals surface area (Å²) in [6.07, 6.45) is 7.73. The van der Waals surface area contributed by atoms with Crippen molar-refractivity contribution in [2.45, 2.75) is 84.7 Å². The zero-order chi connectivity index (χ0) is 16.3. The third kappa shape index (κ3) is 4.23. The maximum atomic E-state index is 12.4. The monoisotopic (exact) mass is 308 g/mol. The Morgan fingerprint density at radius 3 is 2.18 bits per heavy atom. The van der Waals surface area contributed by atoms with Gasteiger partial charge in [0.15, 0.2) is 0 Å². The van der Waals surface area contributed by atoms with Gasteiger partial charge < -0.3 is 10.6 Å². The van der Waals surface area contributed by atoms with Gasteiger partial charge in [0.2, 0.25) is 11.8 Å². The van der Waals surface area contributed by atoms with Crippen molar-refractivity contribution in [3.05, 3.63) is 0 Å². The predicted molar refractivity (Wildman–Crippen MR) is 88.3 cm³/mol. The van der Waals surface area contributed by atoms with Crippen LogP contribution in [0, 0.1) is 17.3 Å². The summed E-state index contributed by atoms with van der Waals surface area (Å²) in [7, 11) is 0. The second-order valence-corrected chi connectivity index (χ2v) is 8.23. The molecule has 0 bridgehead atoms. The Morgan fingerprint density at radius 2 is 1.64 bits per heavy atom. The van der Waals surface area contributed by atoms with Crippen LogP contribution in [-0.2, 0) is 9.59 Å². The molecule has 2 aliphatic rings. The van der Waals surface area contributed by atoms with Gasteiger partial charge in [0, 0.05) is 12.0 Å². The van der Waals surface area contributed by atoms with E-state index in [2.05, 4.69) is 31.4 Å². The van der Waals surface area contributed by atoms with Crippen molar-refractivity contribution in [2.75, 3.05) is 0 Å². The highest BCUT2D eigenvalue weighted by molar-refractivity contribution is 5.88. The summed E-state index contributed by atoms with van der Waals surface area (Å²) in [5.41, 5.74) is 0.205. The van der Waals surface area contributed by atoms with E-state index in [1.807, 2.05) is 0 Å². The first-order valence-electron chi connectivity index (χ1n) is 8.90. The molecule has 4 nitrogen and oxygen atoms in total. The maximum absolute atomic E-state index is 12.4. The largest absolute Gasteiger partial charge is 0.351 e. The molecule has 2 amide bonds. The number of hydrogen-bond donors (Lipinski definition) is 2. The number of amides is 2. The molecule has 0 aromatic heterocycles. The van der Waals surface area contributed by atoms with E-state index >= 15 is 0 Å². The van der Waals surface area contributed by atoms with Gasteiger partial charge in [-0.15, -0.1) is 0 Å². The van der Waals surface area contributed by atoms with Gasteiger partial charge in [-0.3, -0.25) is 9.59 Å². The van der Waals surface area contributed by atoms with Gasteiger partial charge in [0.05, 0.1) is 0 Å². The molecule has 0 spiro atoms. The highest BCUT2D eigenvalue weighted by Gasteiger charge is 2.36. The van der Waals surface area contributed by atoms with Crippen molar-refractivity contribution in [1.82, 2.24) is 10.6 Å². The lowest BCUT2D eigenvalue weighted by molar-refractivity contribution is -0.133. The first-order chi connectivity index (χ1) is 10.3. The van der Waals surface area contributed by atoms with Gasteiger partial charge in [-0.2, -0.15) is 0 Å². The molecule has 0 heterocycles. The molecular formula is C18H32N2O2. The minimum atomic E-state index is -0.435. The van der Waals surface area contributed by atoms with E-state index < -0.39 is 6.04 Å². The van der Waals surface area contributed by atoms with Crippen LogP contribution < -0.4 is 10.6 Å². The first-order valence-corrected chi connectivity index (χ1v) is 8.90. The second-order valence-electron chi connectivity index (χ2n) is 8.23. The Hall–Kier alpha value is -1.06. The van der Waals surface area contributed by atoms with Gasteiger partial charge in [0.1, 0.15) is 6.04 Å². The molecule has 2 rings (SSSR count). The minimum absolute atomic E-state index is 0.0335. The van der Waals surface area contributed by atoms with Crippen LogP contribution >= 0.6 is 0 Å². The van der Waals surface area contributed by atoms with Crippen molar-refractivity contribution < 1.29 is 9.59 Å². The van der Waals surface area contributed by atoms with Crippen molar-refractivity contribution >= 4 is 11.8 Å². The molecule has 0 aromatic rings. The molecule has 126 valence electrons. The van der Waals surface area contributed by atoms with E-state index in [0.717, 1.165) is 25.7 Å². The van der Waals surface area contributed by atoms with Crippen LogP contribution in [0.3, 0.4) is 0 Å². The number of carbonyl (C=O) groups excluding carboxylic acids is 2. The predicted octanol–water partition coefficient (Wildman–Crippen LogP) is 3.01. The molecule has 4 heteroatoms. The molecular weight excluding hydrogens is 276 g/mol. The molecule has 3 atom stereocenters. The zero-order valence-corrected chi connectivity index (χ0v) is 14.6. The molecule has 0 aromatic carbocycles. The SMILES string of the molecule is C[C@H](NC(=O)C1CCC1)C(=O)N[C@H]1CCCC[C@H]1C(C)(C)C. The van der Waals surface area contributed by atoms with Gasteiger partial charge in [-0.1, -0.05) is 40.0 Å². The van der Waals surface area contributed by atoms with Gasteiger partial charge in [-0.25, -0.2) is 0 Å². The summed E-state index contributed by atoms with van der Waals surface area (Å²) < 4.78 is 0. The summed E-state index contributed by atoms with van der Waals surface area (Å²) in [5.74, 6) is 0.658. The highest BCUT2D eigenvalue weighted by Crippen LogP contribution is 2.38. The van der Waals surface area contributed by atoms with E-state index in [1.165, 1.54) is 19.3 Å².